The Hall–Kier alpha value is -3.14. The maximum atomic E-state index is 6.34. The van der Waals surface area contributed by atoms with E-state index in [1.54, 1.807) is 0 Å². The van der Waals surface area contributed by atoms with Gasteiger partial charge >= 0.3 is 0 Å². The van der Waals surface area contributed by atoms with Gasteiger partial charge < -0.3 is 25.6 Å². The molecule has 2 aromatic heterocycles. The lowest BCUT2D eigenvalue weighted by molar-refractivity contribution is -0.00545. The topological polar surface area (TPSA) is 95.7 Å². The number of rotatable bonds is 8. The molecular formula is C33H45ClN8O. The van der Waals surface area contributed by atoms with Crippen LogP contribution in [-0.4, -0.2) is 76.9 Å². The Bertz CT molecular complexity index is 1440. The molecule has 1 saturated carbocycles. The van der Waals surface area contributed by atoms with E-state index in [0.717, 1.165) is 73.4 Å². The summed E-state index contributed by atoms with van der Waals surface area (Å²) in [7, 11) is 0. The molecule has 3 aromatic rings. The molecule has 4 heterocycles. The van der Waals surface area contributed by atoms with Crippen LogP contribution < -0.4 is 20.9 Å². The van der Waals surface area contributed by atoms with Gasteiger partial charge in [-0.05, 0) is 88.4 Å². The molecular weight excluding hydrogens is 560 g/mol. The molecule has 2 saturated heterocycles. The van der Waals surface area contributed by atoms with Gasteiger partial charge in [-0.1, -0.05) is 24.9 Å². The zero-order valence-electron chi connectivity index (χ0n) is 26.1. The highest BCUT2D eigenvalue weighted by atomic mass is 35.5. The number of halogens is 1. The fourth-order valence-corrected chi connectivity index (χ4v) is 7.39. The van der Waals surface area contributed by atoms with E-state index in [2.05, 4.69) is 82.8 Å². The van der Waals surface area contributed by atoms with E-state index in [4.69, 9.17) is 27.1 Å². The predicted molar refractivity (Wildman–Crippen MR) is 177 cm³/mol. The number of morpholine rings is 1. The summed E-state index contributed by atoms with van der Waals surface area (Å²) in [4.78, 5) is 21.0. The number of nitrogen functional groups attached to an aromatic ring is 1. The molecule has 0 amide bonds. The van der Waals surface area contributed by atoms with E-state index in [1.165, 1.54) is 36.8 Å². The molecule has 0 unspecified atom stereocenters. The number of nitrogens with two attached hydrogens (primary N) is 1. The number of ether oxygens (including phenoxy) is 1. The van der Waals surface area contributed by atoms with Crippen LogP contribution in [-0.2, 0) is 4.74 Å². The van der Waals surface area contributed by atoms with Gasteiger partial charge in [0.25, 0.3) is 0 Å². The summed E-state index contributed by atoms with van der Waals surface area (Å²) in [5.74, 6) is 1.50. The molecule has 3 aliphatic rings. The van der Waals surface area contributed by atoms with E-state index in [0.29, 0.717) is 17.5 Å². The van der Waals surface area contributed by atoms with Gasteiger partial charge in [0.05, 0.1) is 23.6 Å². The third-order valence-corrected chi connectivity index (χ3v) is 9.80. The number of likely N-dealkylation sites (N-methyl/N-ethyl adjacent to an activating group) is 1. The molecule has 0 spiro atoms. The summed E-state index contributed by atoms with van der Waals surface area (Å²) >= 11 is 6.30. The molecule has 230 valence electrons. The number of anilines is 5. The molecule has 3 fully saturated rings. The molecule has 0 bridgehead atoms. The van der Waals surface area contributed by atoms with Gasteiger partial charge in [-0.25, -0.2) is 15.0 Å². The summed E-state index contributed by atoms with van der Waals surface area (Å²) < 4.78 is 5.93. The van der Waals surface area contributed by atoms with Gasteiger partial charge in [-0.15, -0.1) is 0 Å². The highest BCUT2D eigenvalue weighted by Gasteiger charge is 2.35. The van der Waals surface area contributed by atoms with Crippen LogP contribution in [0.3, 0.4) is 0 Å². The predicted octanol–water partition coefficient (Wildman–Crippen LogP) is 6.20. The Morgan fingerprint density at radius 2 is 1.79 bits per heavy atom. The van der Waals surface area contributed by atoms with Crippen LogP contribution in [0.15, 0.2) is 30.7 Å². The number of pyridine rings is 1. The first-order chi connectivity index (χ1) is 20.7. The second kappa shape index (κ2) is 12.5. The lowest BCUT2D eigenvalue weighted by atomic mass is 9.90. The van der Waals surface area contributed by atoms with Gasteiger partial charge in [-0.2, -0.15) is 0 Å². The largest absolute Gasteiger partial charge is 0.393 e. The lowest BCUT2D eigenvalue weighted by Gasteiger charge is -2.40. The van der Waals surface area contributed by atoms with Crippen molar-refractivity contribution in [2.45, 2.75) is 84.6 Å². The van der Waals surface area contributed by atoms with Crippen LogP contribution in [0, 0.1) is 13.8 Å². The number of nitrogens with zero attached hydrogens (tertiary/aromatic N) is 6. The number of hydrogen-bond acceptors (Lipinski definition) is 9. The molecule has 9 nitrogen and oxygen atoms in total. The van der Waals surface area contributed by atoms with Crippen LogP contribution in [0.2, 0.25) is 5.15 Å². The fraction of sp³-hybridized carbons (Fsp3) is 0.545. The maximum absolute atomic E-state index is 6.34. The normalized spacial score (nSPS) is 22.7. The highest BCUT2D eigenvalue weighted by Crippen LogP contribution is 2.43. The highest BCUT2D eigenvalue weighted by molar-refractivity contribution is 6.32. The number of aromatic nitrogens is 3. The van der Waals surface area contributed by atoms with Crippen LogP contribution in [0.5, 0.6) is 0 Å². The summed E-state index contributed by atoms with van der Waals surface area (Å²) in [6, 6.07) is 7.92. The molecule has 1 aliphatic carbocycles. The maximum Gasteiger partial charge on any atom is 0.158 e. The summed E-state index contributed by atoms with van der Waals surface area (Å²) in [6.45, 7) is 15.7. The quantitative estimate of drug-likeness (QED) is 0.291. The van der Waals surface area contributed by atoms with Gasteiger partial charge in [0.15, 0.2) is 11.0 Å². The molecule has 2 aliphatic heterocycles. The van der Waals surface area contributed by atoms with Crippen molar-refractivity contribution >= 4 is 40.3 Å². The van der Waals surface area contributed by atoms with Gasteiger partial charge in [0.2, 0.25) is 0 Å². The number of aryl methyl sites for hydroxylation is 1. The van der Waals surface area contributed by atoms with Crippen LogP contribution >= 0.6 is 11.6 Å². The summed E-state index contributed by atoms with van der Waals surface area (Å²) in [5, 5.41) is 3.83. The fourth-order valence-electron chi connectivity index (χ4n) is 7.26. The third kappa shape index (κ3) is 5.99. The van der Waals surface area contributed by atoms with Crippen molar-refractivity contribution in [3.63, 3.8) is 0 Å². The molecule has 3 N–H and O–H groups in total. The standard InChI is InChI=1S/C33H45ClN8O/c1-6-42(25-8-7-9-25)26-12-13-40(18-26)27-14-20(2)29(23(5)31(27)39-33-30(35)32(34)37-19-38-33)24-10-11-28(36-15-24)41-16-21(3)43-22(4)17-41/h10-11,14-15,19,21-22,25-26H,6-9,12-13,16-18,35H2,1-5H3,(H,37,38,39)/t21-,22+,26-/m1/s1. The Balaban J connectivity index is 1.35. The van der Waals surface area contributed by atoms with E-state index in [9.17, 15) is 0 Å². The van der Waals surface area contributed by atoms with Crippen molar-refractivity contribution in [1.82, 2.24) is 19.9 Å². The lowest BCUT2D eigenvalue weighted by Crippen LogP contribution is -2.47. The smallest absolute Gasteiger partial charge is 0.158 e. The Labute approximate surface area is 260 Å². The van der Waals surface area contributed by atoms with Gasteiger partial charge in [0.1, 0.15) is 17.8 Å². The summed E-state index contributed by atoms with van der Waals surface area (Å²) in [5.41, 5.74) is 13.4. The number of hydrogen-bond donors (Lipinski definition) is 2. The zero-order chi connectivity index (χ0) is 30.2. The van der Waals surface area contributed by atoms with Crippen LogP contribution in [0.25, 0.3) is 11.1 Å². The number of nitrogens with one attached hydrogen (secondary N) is 1. The molecule has 1 aromatic carbocycles. The minimum atomic E-state index is 0.182. The van der Waals surface area contributed by atoms with Gasteiger partial charge in [0, 0.05) is 50.0 Å². The van der Waals surface area contributed by atoms with Crippen molar-refractivity contribution in [3.8, 4) is 11.1 Å². The Kier molecular flexibility index (Phi) is 8.67. The monoisotopic (exact) mass is 604 g/mol. The van der Waals surface area contributed by atoms with Crippen LogP contribution in [0.4, 0.5) is 28.7 Å². The van der Waals surface area contributed by atoms with E-state index in [1.807, 2.05) is 6.20 Å². The SMILES string of the molecule is CCN(C1CCC1)[C@@H]1CCN(c2cc(C)c(-c3ccc(N4C[C@@H](C)O[C@@H](C)C4)nc3)c(C)c2Nc2ncnc(Cl)c2N)C1. The molecule has 43 heavy (non-hydrogen) atoms. The Morgan fingerprint density at radius 1 is 1.02 bits per heavy atom. The Morgan fingerprint density at radius 3 is 2.44 bits per heavy atom. The first kappa shape index (κ1) is 29.9. The van der Waals surface area contributed by atoms with Crippen molar-refractivity contribution < 1.29 is 4.74 Å². The second-order valence-electron chi connectivity index (χ2n) is 12.5. The molecule has 0 radical (unpaired) electrons. The zero-order valence-corrected chi connectivity index (χ0v) is 26.9. The van der Waals surface area contributed by atoms with Crippen molar-refractivity contribution in [2.75, 3.05) is 53.6 Å². The average Bonchev–Trinajstić information content (AvgIpc) is 3.44. The second-order valence-corrected chi connectivity index (χ2v) is 12.9. The minimum absolute atomic E-state index is 0.182. The van der Waals surface area contributed by atoms with Gasteiger partial charge in [-0.3, -0.25) is 4.90 Å². The molecule has 10 heteroatoms. The number of benzene rings is 1. The van der Waals surface area contributed by atoms with Crippen molar-refractivity contribution in [2.24, 2.45) is 0 Å². The molecule has 6 rings (SSSR count). The first-order valence-electron chi connectivity index (χ1n) is 15.8. The average molecular weight is 605 g/mol. The van der Waals surface area contributed by atoms with Crippen LogP contribution in [0.1, 0.15) is 57.6 Å². The van der Waals surface area contributed by atoms with E-state index < -0.39 is 0 Å². The molecule has 3 atom stereocenters. The summed E-state index contributed by atoms with van der Waals surface area (Å²) in [6.07, 6.45) is 8.99. The van der Waals surface area contributed by atoms with Crippen molar-refractivity contribution in [3.05, 3.63) is 47.0 Å². The van der Waals surface area contributed by atoms with E-state index in [-0.39, 0.29) is 17.4 Å². The minimum Gasteiger partial charge on any atom is -0.393 e. The third-order valence-electron chi connectivity index (χ3n) is 9.49. The first-order valence-corrected chi connectivity index (χ1v) is 16.2. The van der Waals surface area contributed by atoms with Crippen molar-refractivity contribution in [1.29, 1.82) is 0 Å². The van der Waals surface area contributed by atoms with E-state index >= 15 is 0 Å².